The van der Waals surface area contributed by atoms with E-state index in [2.05, 4.69) is 37.3 Å². The standard InChI is InChI=1S/C12H10Br2Cl2N2S/c13-7-5-11(19-12(7)14)10(18-17)4-6-8(15)2-1-3-9(6)16/h1-3,5,10,18H,4,17H2. The Labute approximate surface area is 142 Å². The monoisotopic (exact) mass is 442 g/mol. The van der Waals surface area contributed by atoms with E-state index in [9.17, 15) is 0 Å². The zero-order valence-electron chi connectivity index (χ0n) is 9.59. The molecular formula is C12H10Br2Cl2N2S. The van der Waals surface area contributed by atoms with Gasteiger partial charge in [0.1, 0.15) is 0 Å². The zero-order valence-corrected chi connectivity index (χ0v) is 15.1. The van der Waals surface area contributed by atoms with Gasteiger partial charge in [0.25, 0.3) is 0 Å². The van der Waals surface area contributed by atoms with Crippen molar-refractivity contribution in [3.63, 3.8) is 0 Å². The molecule has 2 nitrogen and oxygen atoms in total. The van der Waals surface area contributed by atoms with Gasteiger partial charge in [0, 0.05) is 19.4 Å². The van der Waals surface area contributed by atoms with Crippen LogP contribution >= 0.6 is 66.4 Å². The Balaban J connectivity index is 2.29. The molecule has 2 aromatic rings. The molecule has 0 spiro atoms. The fourth-order valence-corrected chi connectivity index (χ4v) is 4.41. The van der Waals surface area contributed by atoms with E-state index in [1.807, 2.05) is 24.3 Å². The van der Waals surface area contributed by atoms with Crippen molar-refractivity contribution in [2.45, 2.75) is 12.5 Å². The van der Waals surface area contributed by atoms with Gasteiger partial charge in [-0.05, 0) is 62.0 Å². The molecule has 1 aromatic heterocycles. The van der Waals surface area contributed by atoms with Crippen LogP contribution in [0.15, 0.2) is 32.5 Å². The molecule has 0 aliphatic heterocycles. The molecule has 1 aromatic carbocycles. The highest BCUT2D eigenvalue weighted by Gasteiger charge is 2.18. The molecular weight excluding hydrogens is 435 g/mol. The first-order chi connectivity index (χ1) is 9.02. The fraction of sp³-hybridized carbons (Fsp3) is 0.167. The molecule has 7 heteroatoms. The smallest absolute Gasteiger partial charge is 0.0843 e. The summed E-state index contributed by atoms with van der Waals surface area (Å²) in [4.78, 5) is 1.11. The third kappa shape index (κ3) is 3.73. The molecule has 1 unspecified atom stereocenters. The summed E-state index contributed by atoms with van der Waals surface area (Å²) in [5, 5.41) is 1.31. The molecule has 1 heterocycles. The van der Waals surface area contributed by atoms with Gasteiger partial charge in [-0.1, -0.05) is 29.3 Å². The van der Waals surface area contributed by atoms with E-state index in [0.29, 0.717) is 16.5 Å². The minimum atomic E-state index is -0.0370. The first-order valence-electron chi connectivity index (χ1n) is 5.36. The van der Waals surface area contributed by atoms with Crippen LogP contribution in [0.25, 0.3) is 0 Å². The van der Waals surface area contributed by atoms with Gasteiger partial charge in [0.2, 0.25) is 0 Å². The van der Waals surface area contributed by atoms with Crippen molar-refractivity contribution in [2.75, 3.05) is 0 Å². The van der Waals surface area contributed by atoms with Gasteiger partial charge in [0.05, 0.1) is 9.83 Å². The molecule has 0 aliphatic carbocycles. The number of halogens is 4. The van der Waals surface area contributed by atoms with Crippen molar-refractivity contribution in [3.8, 4) is 0 Å². The maximum atomic E-state index is 6.19. The summed E-state index contributed by atoms with van der Waals surface area (Å²) in [5.74, 6) is 5.65. The predicted molar refractivity (Wildman–Crippen MR) is 89.9 cm³/mol. The summed E-state index contributed by atoms with van der Waals surface area (Å²) in [6.07, 6.45) is 0.633. The summed E-state index contributed by atoms with van der Waals surface area (Å²) in [5.41, 5.74) is 3.71. The molecule has 102 valence electrons. The Morgan fingerprint density at radius 1 is 1.26 bits per heavy atom. The Morgan fingerprint density at radius 2 is 1.89 bits per heavy atom. The summed E-state index contributed by atoms with van der Waals surface area (Å²) in [6.45, 7) is 0. The second-order valence-corrected chi connectivity index (χ2v) is 7.96. The van der Waals surface area contributed by atoms with E-state index < -0.39 is 0 Å². The number of rotatable bonds is 4. The molecule has 0 bridgehead atoms. The van der Waals surface area contributed by atoms with E-state index in [0.717, 1.165) is 18.7 Å². The van der Waals surface area contributed by atoms with Gasteiger partial charge >= 0.3 is 0 Å². The van der Waals surface area contributed by atoms with Crippen LogP contribution in [0.3, 0.4) is 0 Å². The van der Waals surface area contributed by atoms with Crippen LogP contribution in [0, 0.1) is 0 Å². The third-order valence-corrected chi connectivity index (χ3v) is 6.76. The lowest BCUT2D eigenvalue weighted by atomic mass is 10.1. The molecule has 0 fully saturated rings. The maximum Gasteiger partial charge on any atom is 0.0843 e. The SMILES string of the molecule is NNC(Cc1c(Cl)cccc1Cl)c1cc(Br)c(Br)s1. The van der Waals surface area contributed by atoms with Crippen molar-refractivity contribution in [3.05, 3.63) is 53.0 Å². The molecule has 3 N–H and O–H groups in total. The van der Waals surface area contributed by atoms with Crippen LogP contribution < -0.4 is 11.3 Å². The summed E-state index contributed by atoms with van der Waals surface area (Å²) < 4.78 is 2.05. The third-order valence-electron chi connectivity index (χ3n) is 2.68. The van der Waals surface area contributed by atoms with E-state index in [1.54, 1.807) is 11.3 Å². The van der Waals surface area contributed by atoms with Crippen molar-refractivity contribution in [2.24, 2.45) is 5.84 Å². The second-order valence-electron chi connectivity index (χ2n) is 3.89. The molecule has 0 radical (unpaired) electrons. The van der Waals surface area contributed by atoms with Crippen LogP contribution in [0.2, 0.25) is 10.0 Å². The molecule has 0 saturated carbocycles. The number of benzene rings is 1. The number of nitrogens with one attached hydrogen (secondary N) is 1. The zero-order chi connectivity index (χ0) is 14.0. The highest BCUT2D eigenvalue weighted by atomic mass is 79.9. The van der Waals surface area contributed by atoms with Gasteiger partial charge in [-0.3, -0.25) is 11.3 Å². The highest BCUT2D eigenvalue weighted by Crippen LogP contribution is 2.37. The lowest BCUT2D eigenvalue weighted by Gasteiger charge is -2.16. The summed E-state index contributed by atoms with van der Waals surface area (Å²) >= 11 is 20.9. The highest BCUT2D eigenvalue weighted by molar-refractivity contribution is 9.13. The van der Waals surface area contributed by atoms with Gasteiger partial charge in [0.15, 0.2) is 0 Å². The van der Waals surface area contributed by atoms with E-state index >= 15 is 0 Å². The summed E-state index contributed by atoms with van der Waals surface area (Å²) in [7, 11) is 0. The quantitative estimate of drug-likeness (QED) is 0.494. The minimum Gasteiger partial charge on any atom is -0.271 e. The predicted octanol–water partition coefficient (Wildman–Crippen LogP) is 5.33. The van der Waals surface area contributed by atoms with E-state index in [1.165, 1.54) is 0 Å². The number of hydrogen-bond donors (Lipinski definition) is 2. The molecule has 0 aliphatic rings. The first kappa shape index (κ1) is 15.8. The molecule has 19 heavy (non-hydrogen) atoms. The second kappa shape index (κ2) is 6.89. The normalized spacial score (nSPS) is 12.7. The topological polar surface area (TPSA) is 38.0 Å². The largest absolute Gasteiger partial charge is 0.271 e. The van der Waals surface area contributed by atoms with Gasteiger partial charge in [-0.25, -0.2) is 0 Å². The first-order valence-corrected chi connectivity index (χ1v) is 8.52. The number of hydrazine groups is 1. The fourth-order valence-electron chi connectivity index (χ4n) is 1.71. The minimum absolute atomic E-state index is 0.0370. The Kier molecular flexibility index (Phi) is 5.72. The average Bonchev–Trinajstić information content (AvgIpc) is 2.69. The Morgan fingerprint density at radius 3 is 2.37 bits per heavy atom. The van der Waals surface area contributed by atoms with Gasteiger partial charge < -0.3 is 0 Å². The van der Waals surface area contributed by atoms with Crippen molar-refractivity contribution >= 4 is 66.4 Å². The Bertz CT molecular complexity index is 549. The molecule has 0 amide bonds. The molecule has 2 rings (SSSR count). The van der Waals surface area contributed by atoms with Crippen molar-refractivity contribution < 1.29 is 0 Å². The lowest BCUT2D eigenvalue weighted by molar-refractivity contribution is 0.560. The van der Waals surface area contributed by atoms with Crippen LogP contribution in [0.5, 0.6) is 0 Å². The van der Waals surface area contributed by atoms with Crippen molar-refractivity contribution in [1.82, 2.24) is 5.43 Å². The van der Waals surface area contributed by atoms with Crippen LogP contribution in [-0.2, 0) is 6.42 Å². The van der Waals surface area contributed by atoms with Crippen LogP contribution in [0.4, 0.5) is 0 Å². The van der Waals surface area contributed by atoms with Gasteiger partial charge in [-0.15, -0.1) is 11.3 Å². The van der Waals surface area contributed by atoms with Crippen LogP contribution in [0.1, 0.15) is 16.5 Å². The molecule has 0 saturated heterocycles. The number of thiophene rings is 1. The number of nitrogens with two attached hydrogens (primary N) is 1. The average molecular weight is 445 g/mol. The molecule has 1 atom stereocenters. The number of hydrogen-bond acceptors (Lipinski definition) is 3. The Hall–Kier alpha value is 0.380. The lowest BCUT2D eigenvalue weighted by Crippen LogP contribution is -2.29. The van der Waals surface area contributed by atoms with Gasteiger partial charge in [-0.2, -0.15) is 0 Å². The maximum absolute atomic E-state index is 6.19. The van der Waals surface area contributed by atoms with Crippen molar-refractivity contribution in [1.29, 1.82) is 0 Å². The van der Waals surface area contributed by atoms with E-state index in [4.69, 9.17) is 29.0 Å². The van der Waals surface area contributed by atoms with Crippen LogP contribution in [-0.4, -0.2) is 0 Å². The summed E-state index contributed by atoms with van der Waals surface area (Å²) in [6, 6.07) is 7.49. The van der Waals surface area contributed by atoms with E-state index in [-0.39, 0.29) is 6.04 Å².